The van der Waals surface area contributed by atoms with Gasteiger partial charge in [0.2, 0.25) is 5.76 Å². The number of ether oxygens (including phenoxy) is 2. The summed E-state index contributed by atoms with van der Waals surface area (Å²) >= 11 is 0. The average Bonchev–Trinajstić information content (AvgIpc) is 2.86. The van der Waals surface area contributed by atoms with Crippen LogP contribution in [0.5, 0.6) is 0 Å². The van der Waals surface area contributed by atoms with E-state index in [4.69, 9.17) is 4.42 Å². The van der Waals surface area contributed by atoms with Crippen molar-refractivity contribution in [2.24, 2.45) is 0 Å². The molecule has 0 radical (unpaired) electrons. The smallest absolute Gasteiger partial charge is 0.411 e. The van der Waals surface area contributed by atoms with E-state index in [1.54, 1.807) is 13.1 Å². The van der Waals surface area contributed by atoms with Gasteiger partial charge in [-0.1, -0.05) is 0 Å². The van der Waals surface area contributed by atoms with E-state index in [-0.39, 0.29) is 24.8 Å². The lowest BCUT2D eigenvalue weighted by Crippen LogP contribution is -2.21. The zero-order chi connectivity index (χ0) is 15.2. The van der Waals surface area contributed by atoms with Crippen LogP contribution in [0, 0.1) is 0 Å². The van der Waals surface area contributed by atoms with Gasteiger partial charge in [-0.25, -0.2) is 4.79 Å². The highest BCUT2D eigenvalue weighted by Gasteiger charge is 2.27. The molecule has 0 aliphatic heterocycles. The van der Waals surface area contributed by atoms with Gasteiger partial charge in [0.05, 0.1) is 13.2 Å². The molecule has 114 valence electrons. The highest BCUT2D eigenvalue weighted by molar-refractivity contribution is 5.86. The Bertz CT molecular complexity index is 431. The van der Waals surface area contributed by atoms with E-state index < -0.39 is 18.8 Å². The average molecular weight is 295 g/mol. The van der Waals surface area contributed by atoms with Gasteiger partial charge in [-0.2, -0.15) is 13.2 Å². The molecule has 0 amide bonds. The third-order valence-corrected chi connectivity index (χ3v) is 2.52. The van der Waals surface area contributed by atoms with Gasteiger partial charge < -0.3 is 19.2 Å². The fourth-order valence-corrected chi connectivity index (χ4v) is 1.57. The molecule has 1 aromatic rings. The summed E-state index contributed by atoms with van der Waals surface area (Å²) in [6.07, 6.45) is -4.06. The summed E-state index contributed by atoms with van der Waals surface area (Å²) in [6, 6.07) is 2.67. The maximum absolute atomic E-state index is 11.9. The molecule has 0 saturated carbocycles. The zero-order valence-electron chi connectivity index (χ0n) is 11.1. The highest BCUT2D eigenvalue weighted by atomic mass is 19.4. The summed E-state index contributed by atoms with van der Waals surface area (Å²) in [6.45, 7) is -1.37. The van der Waals surface area contributed by atoms with Crippen LogP contribution in [0.1, 0.15) is 28.8 Å². The Kier molecular flexibility index (Phi) is 6.03. The van der Waals surface area contributed by atoms with Crippen molar-refractivity contribution < 1.29 is 31.9 Å². The molecular formula is C12H16F3NO4. The van der Waals surface area contributed by atoms with E-state index >= 15 is 0 Å². The van der Waals surface area contributed by atoms with E-state index in [9.17, 15) is 18.0 Å². The summed E-state index contributed by atoms with van der Waals surface area (Å²) in [5.41, 5.74) is 0. The number of furan rings is 1. The van der Waals surface area contributed by atoms with Crippen molar-refractivity contribution in [3.8, 4) is 0 Å². The highest BCUT2D eigenvalue weighted by Crippen LogP contribution is 2.21. The van der Waals surface area contributed by atoms with E-state index in [0.29, 0.717) is 5.76 Å². The fraction of sp³-hybridized carbons (Fsp3) is 0.583. The molecule has 0 spiro atoms. The Labute approximate surface area is 114 Å². The molecule has 5 nitrogen and oxygen atoms in total. The molecule has 0 bridgehead atoms. The predicted molar refractivity (Wildman–Crippen MR) is 63.3 cm³/mol. The van der Waals surface area contributed by atoms with E-state index in [1.165, 1.54) is 13.2 Å². The second kappa shape index (κ2) is 7.30. The maximum Gasteiger partial charge on any atom is 0.411 e. The molecule has 1 N–H and O–H groups in total. The van der Waals surface area contributed by atoms with Crippen molar-refractivity contribution in [2.45, 2.75) is 18.6 Å². The first-order valence-electron chi connectivity index (χ1n) is 5.87. The summed E-state index contributed by atoms with van der Waals surface area (Å²) in [4.78, 5) is 11.2. The lowest BCUT2D eigenvalue weighted by Gasteiger charge is -2.14. The number of alkyl halides is 3. The second-order valence-electron chi connectivity index (χ2n) is 3.99. The first-order chi connectivity index (χ1) is 9.37. The lowest BCUT2D eigenvalue weighted by atomic mass is 10.1. The zero-order valence-corrected chi connectivity index (χ0v) is 11.1. The molecule has 0 aromatic carbocycles. The van der Waals surface area contributed by atoms with Crippen molar-refractivity contribution in [1.82, 2.24) is 5.32 Å². The number of halogens is 3. The van der Waals surface area contributed by atoms with Crippen LogP contribution >= 0.6 is 0 Å². The van der Waals surface area contributed by atoms with Crippen LogP contribution in [-0.2, 0) is 9.47 Å². The molecule has 0 fully saturated rings. The number of esters is 1. The first kappa shape index (κ1) is 16.5. The molecule has 0 aliphatic carbocycles. The Balaban J connectivity index is 2.50. The molecule has 1 aromatic heterocycles. The number of carbonyl (C=O) groups excluding carboxylic acids is 1. The van der Waals surface area contributed by atoms with Gasteiger partial charge in [0.1, 0.15) is 12.4 Å². The standard InChI is InChI=1S/C12H16F3NO4/c1-16-8(5-6-19-7-12(13,14)15)9-3-4-10(20-9)11(17)18-2/h3-4,8,16H,5-7H2,1-2H3. The van der Waals surface area contributed by atoms with Gasteiger partial charge in [0.15, 0.2) is 0 Å². The van der Waals surface area contributed by atoms with E-state index in [2.05, 4.69) is 14.8 Å². The van der Waals surface area contributed by atoms with Crippen LogP contribution in [0.25, 0.3) is 0 Å². The van der Waals surface area contributed by atoms with Crippen molar-refractivity contribution in [3.63, 3.8) is 0 Å². The molecule has 0 aliphatic rings. The molecule has 8 heteroatoms. The maximum atomic E-state index is 11.9. The van der Waals surface area contributed by atoms with Crippen molar-refractivity contribution in [2.75, 3.05) is 27.4 Å². The second-order valence-corrected chi connectivity index (χ2v) is 3.99. The number of hydrogen-bond donors (Lipinski definition) is 1. The SMILES string of the molecule is CNC(CCOCC(F)(F)F)c1ccc(C(=O)OC)o1. The summed E-state index contributed by atoms with van der Waals surface area (Å²) in [5.74, 6) is -0.137. The van der Waals surface area contributed by atoms with Crippen LogP contribution in [0.4, 0.5) is 13.2 Å². The summed E-state index contributed by atoms with van der Waals surface area (Å²) < 4.78 is 50.0. The van der Waals surface area contributed by atoms with Gasteiger partial charge in [0, 0.05) is 6.61 Å². The molecule has 1 heterocycles. The number of carbonyl (C=O) groups is 1. The van der Waals surface area contributed by atoms with Gasteiger partial charge in [-0.15, -0.1) is 0 Å². The van der Waals surface area contributed by atoms with Gasteiger partial charge in [-0.3, -0.25) is 0 Å². The quantitative estimate of drug-likeness (QED) is 0.618. The Hall–Kier alpha value is -1.54. The topological polar surface area (TPSA) is 60.7 Å². The fourth-order valence-electron chi connectivity index (χ4n) is 1.57. The van der Waals surface area contributed by atoms with E-state index in [0.717, 1.165) is 0 Å². The van der Waals surface area contributed by atoms with E-state index in [1.807, 2.05) is 0 Å². The predicted octanol–water partition coefficient (Wildman–Crippen LogP) is 2.30. The van der Waals surface area contributed by atoms with Crippen molar-refractivity contribution in [1.29, 1.82) is 0 Å². The molecule has 1 rings (SSSR count). The van der Waals surface area contributed by atoms with Gasteiger partial charge >= 0.3 is 12.1 Å². The summed E-state index contributed by atoms with van der Waals surface area (Å²) in [7, 11) is 2.86. The lowest BCUT2D eigenvalue weighted by molar-refractivity contribution is -0.174. The molecule has 1 unspecified atom stereocenters. The monoisotopic (exact) mass is 295 g/mol. The molecular weight excluding hydrogens is 279 g/mol. The van der Waals surface area contributed by atoms with Gasteiger partial charge in [-0.05, 0) is 25.6 Å². The molecule has 1 atom stereocenters. The molecule has 0 saturated heterocycles. The Morgan fingerprint density at radius 3 is 2.70 bits per heavy atom. The number of hydrogen-bond acceptors (Lipinski definition) is 5. The largest absolute Gasteiger partial charge is 0.463 e. The minimum Gasteiger partial charge on any atom is -0.463 e. The minimum absolute atomic E-state index is 0.0407. The van der Waals surface area contributed by atoms with Crippen LogP contribution in [0.3, 0.4) is 0 Å². The van der Waals surface area contributed by atoms with Crippen molar-refractivity contribution in [3.05, 3.63) is 23.7 Å². The Morgan fingerprint density at radius 1 is 1.45 bits per heavy atom. The van der Waals surface area contributed by atoms with Crippen LogP contribution < -0.4 is 5.32 Å². The van der Waals surface area contributed by atoms with Crippen LogP contribution in [0.2, 0.25) is 0 Å². The number of nitrogens with one attached hydrogen (secondary N) is 1. The number of methoxy groups -OCH3 is 1. The molecule has 20 heavy (non-hydrogen) atoms. The normalized spacial score (nSPS) is 13.2. The van der Waals surface area contributed by atoms with Gasteiger partial charge in [0.25, 0.3) is 0 Å². The van der Waals surface area contributed by atoms with Crippen LogP contribution in [-0.4, -0.2) is 39.5 Å². The number of rotatable bonds is 7. The third kappa shape index (κ3) is 5.22. The Morgan fingerprint density at radius 2 is 2.15 bits per heavy atom. The minimum atomic E-state index is -4.34. The van der Waals surface area contributed by atoms with Crippen molar-refractivity contribution >= 4 is 5.97 Å². The van der Waals surface area contributed by atoms with Crippen LogP contribution in [0.15, 0.2) is 16.5 Å². The first-order valence-corrected chi connectivity index (χ1v) is 5.87. The summed E-state index contributed by atoms with van der Waals surface area (Å²) in [5, 5.41) is 2.88. The third-order valence-electron chi connectivity index (χ3n) is 2.52.